The molecule has 2 heterocycles. The van der Waals surface area contributed by atoms with E-state index in [0.717, 1.165) is 25.9 Å². The smallest absolute Gasteiger partial charge is 0.251 e. The molecule has 17 heavy (non-hydrogen) atoms. The van der Waals surface area contributed by atoms with Gasteiger partial charge in [0.25, 0.3) is 5.91 Å². The van der Waals surface area contributed by atoms with Crippen LogP contribution in [0, 0.1) is 0 Å². The van der Waals surface area contributed by atoms with E-state index in [0.29, 0.717) is 17.6 Å². The number of carbonyl (C=O) groups excluding carboxylic acids is 1. The number of rotatable bonds is 3. The van der Waals surface area contributed by atoms with Gasteiger partial charge in [-0.25, -0.2) is 9.97 Å². The molecule has 0 unspecified atom stereocenters. The minimum Gasteiger partial charge on any atom is -0.366 e. The van der Waals surface area contributed by atoms with Gasteiger partial charge in [-0.1, -0.05) is 0 Å². The topological polar surface area (TPSA) is 84.1 Å². The van der Waals surface area contributed by atoms with Gasteiger partial charge in [-0.2, -0.15) is 0 Å². The third-order valence-corrected chi connectivity index (χ3v) is 3.11. The maximum Gasteiger partial charge on any atom is 0.251 e. The molecular weight excluding hydrogens is 218 g/mol. The summed E-state index contributed by atoms with van der Waals surface area (Å²) in [4.78, 5) is 21.4. The van der Waals surface area contributed by atoms with E-state index >= 15 is 0 Å². The van der Waals surface area contributed by atoms with Gasteiger partial charge in [0.1, 0.15) is 0 Å². The van der Waals surface area contributed by atoms with E-state index in [1.807, 2.05) is 7.05 Å². The standard InChI is InChI=1S/C11H17N5O/c1-13-9-2-4-16(5-3-9)11-14-6-8(7-15-11)10(12)17/h6-7,9,13H,2-5H2,1H3,(H2,12,17). The van der Waals surface area contributed by atoms with Crippen LogP contribution in [-0.2, 0) is 0 Å². The van der Waals surface area contributed by atoms with Crippen LogP contribution in [0.15, 0.2) is 12.4 Å². The van der Waals surface area contributed by atoms with Crippen molar-refractivity contribution in [2.75, 3.05) is 25.0 Å². The Morgan fingerprint density at radius 3 is 2.47 bits per heavy atom. The largest absolute Gasteiger partial charge is 0.366 e. The van der Waals surface area contributed by atoms with Crippen molar-refractivity contribution in [3.05, 3.63) is 18.0 Å². The predicted octanol–water partition coefficient (Wildman–Crippen LogP) is -0.236. The van der Waals surface area contributed by atoms with Crippen LogP contribution in [0.4, 0.5) is 5.95 Å². The highest BCUT2D eigenvalue weighted by Gasteiger charge is 2.19. The lowest BCUT2D eigenvalue weighted by Crippen LogP contribution is -2.41. The van der Waals surface area contributed by atoms with Crippen molar-refractivity contribution in [3.63, 3.8) is 0 Å². The molecule has 3 N–H and O–H groups in total. The molecule has 0 atom stereocenters. The summed E-state index contributed by atoms with van der Waals surface area (Å²) in [5.74, 6) is 0.176. The predicted molar refractivity (Wildman–Crippen MR) is 64.8 cm³/mol. The molecule has 2 rings (SSSR count). The number of carbonyl (C=O) groups is 1. The monoisotopic (exact) mass is 235 g/mol. The number of nitrogens with two attached hydrogens (primary N) is 1. The second-order valence-corrected chi connectivity index (χ2v) is 4.19. The molecule has 1 saturated heterocycles. The van der Waals surface area contributed by atoms with Crippen LogP contribution < -0.4 is 16.0 Å². The first-order chi connectivity index (χ1) is 8.20. The Bertz CT molecular complexity index is 383. The van der Waals surface area contributed by atoms with Crippen molar-refractivity contribution in [2.24, 2.45) is 5.73 Å². The molecular formula is C11H17N5O. The lowest BCUT2D eigenvalue weighted by molar-refractivity contribution is 0.0999. The number of anilines is 1. The molecule has 0 radical (unpaired) electrons. The SMILES string of the molecule is CNC1CCN(c2ncc(C(N)=O)cn2)CC1. The van der Waals surface area contributed by atoms with Gasteiger partial charge >= 0.3 is 0 Å². The Kier molecular flexibility index (Phi) is 3.53. The quantitative estimate of drug-likeness (QED) is 0.755. The van der Waals surface area contributed by atoms with Crippen LogP contribution in [0.5, 0.6) is 0 Å². The lowest BCUT2D eigenvalue weighted by atomic mass is 10.1. The van der Waals surface area contributed by atoms with Gasteiger partial charge in [-0.05, 0) is 19.9 Å². The molecule has 0 aromatic carbocycles. The molecule has 0 aliphatic carbocycles. The highest BCUT2D eigenvalue weighted by atomic mass is 16.1. The first-order valence-corrected chi connectivity index (χ1v) is 5.74. The van der Waals surface area contributed by atoms with E-state index in [9.17, 15) is 4.79 Å². The van der Waals surface area contributed by atoms with E-state index in [4.69, 9.17) is 5.73 Å². The van der Waals surface area contributed by atoms with Gasteiger partial charge in [-0.3, -0.25) is 4.79 Å². The molecule has 1 aromatic heterocycles. The highest BCUT2D eigenvalue weighted by molar-refractivity contribution is 5.92. The zero-order valence-electron chi connectivity index (χ0n) is 9.89. The van der Waals surface area contributed by atoms with Crippen LogP contribution >= 0.6 is 0 Å². The number of hydrogen-bond acceptors (Lipinski definition) is 5. The van der Waals surface area contributed by atoms with Crippen molar-refractivity contribution < 1.29 is 4.79 Å². The van der Waals surface area contributed by atoms with E-state index in [-0.39, 0.29) is 0 Å². The Balaban J connectivity index is 2.01. The summed E-state index contributed by atoms with van der Waals surface area (Å²) in [5, 5.41) is 3.27. The molecule has 1 aromatic rings. The van der Waals surface area contributed by atoms with Gasteiger partial charge in [0.05, 0.1) is 5.56 Å². The Morgan fingerprint density at radius 2 is 2.00 bits per heavy atom. The zero-order chi connectivity index (χ0) is 12.3. The Hall–Kier alpha value is -1.69. The summed E-state index contributed by atoms with van der Waals surface area (Å²) in [6.45, 7) is 1.86. The molecule has 92 valence electrons. The third-order valence-electron chi connectivity index (χ3n) is 3.11. The number of piperidine rings is 1. The van der Waals surface area contributed by atoms with Crippen molar-refractivity contribution in [2.45, 2.75) is 18.9 Å². The van der Waals surface area contributed by atoms with Crippen LogP contribution in [0.2, 0.25) is 0 Å². The summed E-state index contributed by atoms with van der Waals surface area (Å²) < 4.78 is 0. The first kappa shape index (κ1) is 11.8. The van der Waals surface area contributed by atoms with Crippen LogP contribution in [0.25, 0.3) is 0 Å². The number of amides is 1. The first-order valence-electron chi connectivity index (χ1n) is 5.74. The summed E-state index contributed by atoms with van der Waals surface area (Å²) in [6.07, 6.45) is 5.12. The van der Waals surface area contributed by atoms with Crippen molar-refractivity contribution in [3.8, 4) is 0 Å². The molecule has 1 aliphatic heterocycles. The second-order valence-electron chi connectivity index (χ2n) is 4.19. The van der Waals surface area contributed by atoms with Gasteiger partial charge in [0.2, 0.25) is 5.95 Å². The fourth-order valence-corrected chi connectivity index (χ4v) is 1.98. The van der Waals surface area contributed by atoms with Crippen molar-refractivity contribution in [1.82, 2.24) is 15.3 Å². The third kappa shape index (κ3) is 2.71. The van der Waals surface area contributed by atoms with E-state index in [1.165, 1.54) is 12.4 Å². The molecule has 1 amide bonds. The van der Waals surface area contributed by atoms with Gasteiger partial charge in [0.15, 0.2) is 0 Å². The van der Waals surface area contributed by atoms with E-state index in [1.54, 1.807) is 0 Å². The van der Waals surface area contributed by atoms with Crippen LogP contribution in [0.3, 0.4) is 0 Å². The number of aromatic nitrogens is 2. The van der Waals surface area contributed by atoms with E-state index in [2.05, 4.69) is 20.2 Å². The number of hydrogen-bond donors (Lipinski definition) is 2. The fourth-order valence-electron chi connectivity index (χ4n) is 1.98. The van der Waals surface area contributed by atoms with Gasteiger partial charge in [-0.15, -0.1) is 0 Å². The van der Waals surface area contributed by atoms with Gasteiger partial charge < -0.3 is 16.0 Å². The summed E-state index contributed by atoms with van der Waals surface area (Å²) in [7, 11) is 1.98. The van der Waals surface area contributed by atoms with Crippen LogP contribution in [-0.4, -0.2) is 42.1 Å². The average Bonchev–Trinajstić information content (AvgIpc) is 2.39. The minimum atomic E-state index is -0.495. The maximum atomic E-state index is 10.9. The summed E-state index contributed by atoms with van der Waals surface area (Å²) in [6, 6.07) is 0.580. The zero-order valence-corrected chi connectivity index (χ0v) is 9.89. The van der Waals surface area contributed by atoms with E-state index < -0.39 is 5.91 Å². The lowest BCUT2D eigenvalue weighted by Gasteiger charge is -2.31. The molecule has 0 spiro atoms. The normalized spacial score (nSPS) is 17.1. The average molecular weight is 235 g/mol. The summed E-state index contributed by atoms with van der Waals surface area (Å²) in [5.41, 5.74) is 5.48. The Morgan fingerprint density at radius 1 is 1.41 bits per heavy atom. The number of primary amides is 1. The maximum absolute atomic E-state index is 10.9. The minimum absolute atomic E-state index is 0.346. The van der Waals surface area contributed by atoms with Gasteiger partial charge in [0, 0.05) is 31.5 Å². The molecule has 6 heteroatoms. The number of nitrogens with one attached hydrogen (secondary N) is 1. The molecule has 6 nitrogen and oxygen atoms in total. The fraction of sp³-hybridized carbons (Fsp3) is 0.545. The molecule has 1 aliphatic rings. The number of nitrogens with zero attached hydrogens (tertiary/aromatic N) is 3. The van der Waals surface area contributed by atoms with Crippen molar-refractivity contribution >= 4 is 11.9 Å². The Labute approximate surface area is 100 Å². The second kappa shape index (κ2) is 5.09. The van der Waals surface area contributed by atoms with Crippen molar-refractivity contribution in [1.29, 1.82) is 0 Å². The molecule has 0 saturated carbocycles. The molecule has 1 fully saturated rings. The molecule has 0 bridgehead atoms. The van der Waals surface area contributed by atoms with Crippen LogP contribution in [0.1, 0.15) is 23.2 Å². The highest BCUT2D eigenvalue weighted by Crippen LogP contribution is 2.15. The summed E-state index contributed by atoms with van der Waals surface area (Å²) >= 11 is 0.